The fourth-order valence-corrected chi connectivity index (χ4v) is 3.62. The topological polar surface area (TPSA) is 42.0 Å². The summed E-state index contributed by atoms with van der Waals surface area (Å²) in [6.07, 6.45) is 0.993. The van der Waals surface area contributed by atoms with Crippen LogP contribution in [0.3, 0.4) is 0 Å². The molecule has 0 unspecified atom stereocenters. The normalized spacial score (nSPS) is 17.0. The van der Waals surface area contributed by atoms with Crippen molar-refractivity contribution in [1.82, 2.24) is 9.80 Å². The molecule has 0 aromatic heterocycles. The van der Waals surface area contributed by atoms with E-state index in [4.69, 9.17) is 9.47 Å². The molecule has 2 aliphatic heterocycles. The van der Waals surface area contributed by atoms with Gasteiger partial charge in [-0.1, -0.05) is 25.1 Å². The molecular formula is C22H26N2O3. The van der Waals surface area contributed by atoms with Crippen molar-refractivity contribution >= 4 is 5.91 Å². The molecule has 2 heterocycles. The highest BCUT2D eigenvalue weighted by atomic mass is 16.6. The number of nitrogens with zero attached hydrogens (tertiary/aromatic N) is 2. The van der Waals surface area contributed by atoms with Gasteiger partial charge in [-0.25, -0.2) is 0 Å². The fraction of sp³-hybridized carbons (Fsp3) is 0.409. The summed E-state index contributed by atoms with van der Waals surface area (Å²) in [7, 11) is 0. The van der Waals surface area contributed by atoms with E-state index in [-0.39, 0.29) is 5.91 Å². The van der Waals surface area contributed by atoms with Gasteiger partial charge in [-0.3, -0.25) is 9.69 Å². The standard InChI is InChI=1S/C22H26N2O3/c1-2-17-3-6-19(7-4-17)22(25)24-11-9-23(10-12-24)16-18-5-8-20-21(15-18)27-14-13-26-20/h3-8,15H,2,9-14,16H2,1H3. The lowest BCUT2D eigenvalue weighted by Crippen LogP contribution is -2.48. The Morgan fingerprint density at radius 1 is 0.889 bits per heavy atom. The molecule has 0 spiro atoms. The number of carbonyl (C=O) groups excluding carboxylic acids is 1. The molecule has 1 fully saturated rings. The van der Waals surface area contributed by atoms with Gasteiger partial charge in [0, 0.05) is 38.3 Å². The number of ether oxygens (including phenoxy) is 2. The second-order valence-electron chi connectivity index (χ2n) is 7.10. The van der Waals surface area contributed by atoms with Crippen molar-refractivity contribution in [1.29, 1.82) is 0 Å². The molecular weight excluding hydrogens is 340 g/mol. The Balaban J connectivity index is 1.32. The van der Waals surface area contributed by atoms with E-state index in [1.54, 1.807) is 0 Å². The summed E-state index contributed by atoms with van der Waals surface area (Å²) in [6.45, 7) is 7.50. The molecule has 0 aliphatic carbocycles. The molecule has 0 radical (unpaired) electrons. The maximum Gasteiger partial charge on any atom is 0.253 e. The maximum absolute atomic E-state index is 12.7. The smallest absolute Gasteiger partial charge is 0.253 e. The minimum atomic E-state index is 0.136. The van der Waals surface area contributed by atoms with Crippen LogP contribution in [0.4, 0.5) is 0 Å². The number of carbonyl (C=O) groups is 1. The highest BCUT2D eigenvalue weighted by Crippen LogP contribution is 2.31. The van der Waals surface area contributed by atoms with Gasteiger partial charge in [0.05, 0.1) is 0 Å². The first kappa shape index (κ1) is 17.9. The summed E-state index contributed by atoms with van der Waals surface area (Å²) in [4.78, 5) is 17.0. The van der Waals surface area contributed by atoms with Crippen LogP contribution in [0.5, 0.6) is 11.5 Å². The van der Waals surface area contributed by atoms with Crippen molar-refractivity contribution in [2.24, 2.45) is 0 Å². The summed E-state index contributed by atoms with van der Waals surface area (Å²) < 4.78 is 11.3. The van der Waals surface area contributed by atoms with Gasteiger partial charge in [0.15, 0.2) is 11.5 Å². The van der Waals surface area contributed by atoms with Crippen LogP contribution in [-0.2, 0) is 13.0 Å². The van der Waals surface area contributed by atoms with Gasteiger partial charge in [-0.05, 0) is 41.8 Å². The number of benzene rings is 2. The monoisotopic (exact) mass is 366 g/mol. The Bertz CT molecular complexity index is 796. The Morgan fingerprint density at radius 3 is 2.26 bits per heavy atom. The Hall–Kier alpha value is -2.53. The molecule has 0 atom stereocenters. The Morgan fingerprint density at radius 2 is 1.56 bits per heavy atom. The van der Waals surface area contributed by atoms with E-state index in [9.17, 15) is 4.79 Å². The number of hydrogen-bond acceptors (Lipinski definition) is 4. The highest BCUT2D eigenvalue weighted by molar-refractivity contribution is 5.94. The lowest BCUT2D eigenvalue weighted by Gasteiger charge is -2.35. The summed E-state index contributed by atoms with van der Waals surface area (Å²) in [5.41, 5.74) is 3.26. The third-order valence-electron chi connectivity index (χ3n) is 5.28. The van der Waals surface area contributed by atoms with E-state index >= 15 is 0 Å². The molecule has 2 aromatic rings. The van der Waals surface area contributed by atoms with Gasteiger partial charge < -0.3 is 14.4 Å². The first-order valence-corrected chi connectivity index (χ1v) is 9.72. The molecule has 0 bridgehead atoms. The second-order valence-corrected chi connectivity index (χ2v) is 7.10. The fourth-order valence-electron chi connectivity index (χ4n) is 3.62. The van der Waals surface area contributed by atoms with Gasteiger partial charge in [0.2, 0.25) is 0 Å². The number of rotatable bonds is 4. The zero-order valence-electron chi connectivity index (χ0n) is 15.8. The van der Waals surface area contributed by atoms with Gasteiger partial charge in [-0.15, -0.1) is 0 Å². The predicted molar refractivity (Wildman–Crippen MR) is 104 cm³/mol. The first-order valence-electron chi connectivity index (χ1n) is 9.72. The highest BCUT2D eigenvalue weighted by Gasteiger charge is 2.22. The molecule has 5 heteroatoms. The molecule has 27 heavy (non-hydrogen) atoms. The average Bonchev–Trinajstić information content (AvgIpc) is 2.74. The molecule has 4 rings (SSSR count). The van der Waals surface area contributed by atoms with Crippen molar-refractivity contribution in [3.05, 3.63) is 59.2 Å². The van der Waals surface area contributed by atoms with Gasteiger partial charge in [0.25, 0.3) is 5.91 Å². The molecule has 2 aromatic carbocycles. The number of piperazine rings is 1. The summed E-state index contributed by atoms with van der Waals surface area (Å²) in [5.74, 6) is 1.80. The SMILES string of the molecule is CCc1ccc(C(=O)N2CCN(Cc3ccc4c(c3)OCCO4)CC2)cc1. The van der Waals surface area contributed by atoms with Crippen LogP contribution in [0.1, 0.15) is 28.4 Å². The van der Waals surface area contributed by atoms with Crippen LogP contribution in [0.25, 0.3) is 0 Å². The van der Waals surface area contributed by atoms with Crippen molar-refractivity contribution in [3.8, 4) is 11.5 Å². The molecule has 0 N–H and O–H groups in total. The van der Waals surface area contributed by atoms with Crippen LogP contribution >= 0.6 is 0 Å². The number of aryl methyl sites for hydroxylation is 1. The predicted octanol–water partition coefficient (Wildman–Crippen LogP) is 2.98. The van der Waals surface area contributed by atoms with Crippen molar-refractivity contribution < 1.29 is 14.3 Å². The number of amides is 1. The van der Waals surface area contributed by atoms with E-state index in [0.717, 1.165) is 56.2 Å². The summed E-state index contributed by atoms with van der Waals surface area (Å²) >= 11 is 0. The van der Waals surface area contributed by atoms with Crippen LogP contribution in [-0.4, -0.2) is 55.1 Å². The van der Waals surface area contributed by atoms with E-state index in [1.807, 2.05) is 35.2 Å². The minimum Gasteiger partial charge on any atom is -0.486 e. The first-order chi connectivity index (χ1) is 13.2. The minimum absolute atomic E-state index is 0.136. The van der Waals surface area contributed by atoms with E-state index in [1.165, 1.54) is 11.1 Å². The Kier molecular flexibility index (Phi) is 5.30. The third-order valence-corrected chi connectivity index (χ3v) is 5.28. The van der Waals surface area contributed by atoms with Crippen molar-refractivity contribution in [3.63, 3.8) is 0 Å². The zero-order valence-corrected chi connectivity index (χ0v) is 15.8. The average molecular weight is 366 g/mol. The molecule has 1 amide bonds. The third kappa shape index (κ3) is 4.08. The van der Waals surface area contributed by atoms with Gasteiger partial charge in [-0.2, -0.15) is 0 Å². The van der Waals surface area contributed by atoms with Crippen molar-refractivity contribution in [2.75, 3.05) is 39.4 Å². The van der Waals surface area contributed by atoms with E-state index < -0.39 is 0 Å². The Labute approximate surface area is 160 Å². The van der Waals surface area contributed by atoms with E-state index in [2.05, 4.69) is 24.0 Å². The second kappa shape index (κ2) is 8.01. The quantitative estimate of drug-likeness (QED) is 0.834. The number of fused-ring (bicyclic) bond motifs is 1. The molecule has 142 valence electrons. The maximum atomic E-state index is 12.7. The summed E-state index contributed by atoms with van der Waals surface area (Å²) in [6, 6.07) is 14.1. The molecule has 2 aliphatic rings. The van der Waals surface area contributed by atoms with E-state index in [0.29, 0.717) is 13.2 Å². The van der Waals surface area contributed by atoms with Crippen molar-refractivity contribution in [2.45, 2.75) is 19.9 Å². The molecule has 1 saturated heterocycles. The molecule has 0 saturated carbocycles. The van der Waals surface area contributed by atoms with Crippen LogP contribution in [0, 0.1) is 0 Å². The van der Waals surface area contributed by atoms with Gasteiger partial charge in [0.1, 0.15) is 13.2 Å². The van der Waals surface area contributed by atoms with Gasteiger partial charge >= 0.3 is 0 Å². The molecule has 5 nitrogen and oxygen atoms in total. The van der Waals surface area contributed by atoms with Crippen LogP contribution in [0.2, 0.25) is 0 Å². The van der Waals surface area contributed by atoms with Crippen LogP contribution < -0.4 is 9.47 Å². The lowest BCUT2D eigenvalue weighted by atomic mass is 10.1. The largest absolute Gasteiger partial charge is 0.486 e. The zero-order chi connectivity index (χ0) is 18.6. The lowest BCUT2D eigenvalue weighted by molar-refractivity contribution is 0.0628. The summed E-state index contributed by atoms with van der Waals surface area (Å²) in [5, 5.41) is 0. The number of hydrogen-bond donors (Lipinski definition) is 0. The van der Waals surface area contributed by atoms with Crippen LogP contribution in [0.15, 0.2) is 42.5 Å².